The first-order valence-electron chi connectivity index (χ1n) is 5.39. The first-order chi connectivity index (χ1) is 8.49. The molecule has 0 fully saturated rings. The molecule has 0 aromatic heterocycles. The van der Waals surface area contributed by atoms with Crippen molar-refractivity contribution in [3.05, 3.63) is 35.6 Å². The molecule has 1 rings (SSSR count). The smallest absolute Gasteiger partial charge is 0.211 e. The number of nitrogens with one attached hydrogen (secondary N) is 2. The Kier molecular flexibility index (Phi) is 12.5. The molecule has 2 amide bonds. The van der Waals surface area contributed by atoms with Gasteiger partial charge in [-0.05, 0) is 24.6 Å². The van der Waals surface area contributed by atoms with Crippen LogP contribution in [-0.2, 0) is 36.6 Å². The van der Waals surface area contributed by atoms with Crippen LogP contribution >= 0.6 is 0 Å². The van der Waals surface area contributed by atoms with Gasteiger partial charge in [0.05, 0.1) is 12.5 Å². The normalized spacial score (nSPS) is 10.3. The van der Waals surface area contributed by atoms with Gasteiger partial charge in [0.1, 0.15) is 0 Å². The van der Waals surface area contributed by atoms with Gasteiger partial charge in [0, 0.05) is 38.6 Å². The van der Waals surface area contributed by atoms with Gasteiger partial charge in [-0.1, -0.05) is 12.1 Å². The van der Waals surface area contributed by atoms with Crippen LogP contribution in [0.4, 0.5) is 5.69 Å². The molecule has 1 aromatic rings. The largest absolute Gasteiger partial charge is 0.668 e. The molecule has 6 nitrogen and oxygen atoms in total. The Morgan fingerprint density at radius 2 is 2.00 bits per heavy atom. The summed E-state index contributed by atoms with van der Waals surface area (Å²) >= 11 is 0. The molecule has 0 bridgehead atoms. The van der Waals surface area contributed by atoms with Gasteiger partial charge in [0.2, 0.25) is 6.41 Å². The fourth-order valence-electron chi connectivity index (χ4n) is 1.07. The van der Waals surface area contributed by atoms with E-state index in [9.17, 15) is 9.59 Å². The Morgan fingerprint density at radius 3 is 2.26 bits per heavy atom. The third kappa shape index (κ3) is 11.6. The van der Waals surface area contributed by atoms with Crippen LogP contribution in [0.15, 0.2) is 24.3 Å². The number of hydrogen-bond acceptors (Lipinski definition) is 4. The first-order valence-corrected chi connectivity index (χ1v) is 5.39. The van der Waals surface area contributed by atoms with E-state index in [0.717, 1.165) is 11.3 Å². The number of carbonyl (C=O) groups excluding carboxylic acids is 2. The molecule has 0 heterocycles. The van der Waals surface area contributed by atoms with Gasteiger partial charge in [-0.25, -0.2) is 0 Å². The number of anilines is 1. The molecule has 0 radical (unpaired) electrons. The molecule has 110 valence electrons. The molecule has 5 N–H and O–H groups in total. The molecule has 0 aliphatic carbocycles. The van der Waals surface area contributed by atoms with Gasteiger partial charge in [0.25, 0.3) is 0 Å². The fraction of sp³-hybridized carbons (Fsp3) is 0.333. The molecule has 0 spiro atoms. The first kappa shape index (κ1) is 20.1. The summed E-state index contributed by atoms with van der Waals surface area (Å²) in [5.74, 6) is -0.588. The third-order valence-electron chi connectivity index (χ3n) is 1.87. The number of aliphatic hydroxyl groups is 1. The maximum atomic E-state index is 9.97. The molecule has 1 unspecified atom stereocenters. The van der Waals surface area contributed by atoms with Crippen LogP contribution in [0.3, 0.4) is 0 Å². The maximum absolute atomic E-state index is 9.97. The van der Waals surface area contributed by atoms with E-state index in [-0.39, 0.29) is 39.5 Å². The van der Waals surface area contributed by atoms with Crippen molar-refractivity contribution in [3.8, 4) is 0 Å². The zero-order valence-electron chi connectivity index (χ0n) is 10.5. The summed E-state index contributed by atoms with van der Waals surface area (Å²) in [6.45, 7) is 1.73. The minimum absolute atomic E-state index is 0. The summed E-state index contributed by atoms with van der Waals surface area (Å²) in [6, 6.07) is 6.82. The quantitative estimate of drug-likeness (QED) is 0.538. The van der Waals surface area contributed by atoms with Crippen LogP contribution in [0.2, 0.25) is 0 Å². The second kappa shape index (κ2) is 11.8. The molecular weight excluding hydrogens is 341 g/mol. The molecule has 1 aromatic carbocycles. The Bertz CT molecular complexity index is 369. The zero-order chi connectivity index (χ0) is 14.0. The zero-order valence-corrected chi connectivity index (χ0v) is 12.1. The van der Waals surface area contributed by atoms with Crippen molar-refractivity contribution in [2.24, 2.45) is 5.73 Å². The summed E-state index contributed by atoms with van der Waals surface area (Å²) in [5.41, 5.74) is 13.1. The van der Waals surface area contributed by atoms with Gasteiger partial charge in [-0.15, -0.1) is 0 Å². The molecular formula is C12H18N3O3Pd-. The van der Waals surface area contributed by atoms with Gasteiger partial charge < -0.3 is 26.7 Å². The van der Waals surface area contributed by atoms with E-state index in [4.69, 9.17) is 16.6 Å². The summed E-state index contributed by atoms with van der Waals surface area (Å²) < 4.78 is 0. The summed E-state index contributed by atoms with van der Waals surface area (Å²) in [6.07, 6.45) is 0.786. The molecule has 0 saturated carbocycles. The maximum Gasteiger partial charge on any atom is 0.211 e. The number of amides is 2. The number of aliphatic hydroxyl groups excluding tert-OH is 1. The van der Waals surface area contributed by atoms with E-state index in [1.54, 1.807) is 31.2 Å². The van der Waals surface area contributed by atoms with Crippen molar-refractivity contribution in [2.45, 2.75) is 26.0 Å². The Labute approximate surface area is 126 Å². The third-order valence-corrected chi connectivity index (χ3v) is 1.87. The Morgan fingerprint density at radius 1 is 1.47 bits per heavy atom. The van der Waals surface area contributed by atoms with E-state index in [1.165, 1.54) is 0 Å². The van der Waals surface area contributed by atoms with Gasteiger partial charge in [0.15, 0.2) is 0 Å². The second-order valence-electron chi connectivity index (χ2n) is 3.72. The summed E-state index contributed by atoms with van der Waals surface area (Å²) in [5, 5.41) is 11.2. The SMILES string of the molecule is CC(N)CC([NH-])=O.O=CNc1ccc(CO)cc1.[Pd]. The average molecular weight is 359 g/mol. The number of carbonyl (C=O) groups is 2. The van der Waals surface area contributed by atoms with Gasteiger partial charge >= 0.3 is 0 Å². The second-order valence-corrected chi connectivity index (χ2v) is 3.72. The number of hydrogen-bond donors (Lipinski definition) is 3. The predicted molar refractivity (Wildman–Crippen MR) is 69.6 cm³/mol. The molecule has 7 heteroatoms. The van der Waals surface area contributed by atoms with Gasteiger partial charge in [-0.2, -0.15) is 0 Å². The minimum atomic E-state index is -0.588. The van der Waals surface area contributed by atoms with E-state index in [0.29, 0.717) is 6.41 Å². The molecule has 1 atom stereocenters. The van der Waals surface area contributed by atoms with E-state index < -0.39 is 5.91 Å². The van der Waals surface area contributed by atoms with Crippen LogP contribution in [0.25, 0.3) is 5.73 Å². The van der Waals surface area contributed by atoms with Crippen LogP contribution in [-0.4, -0.2) is 23.5 Å². The van der Waals surface area contributed by atoms with Crippen molar-refractivity contribution < 1.29 is 35.1 Å². The standard InChI is InChI=1S/C8H9NO2.C4H10N2O.Pd/c10-5-7-1-3-8(4-2-7)9-6-11;1-3(5)2-4(6)7;/h1-4,6,10H,5H2,(H,9,11);3H,2,5H2,1H3,(H2,6,7);/p-1. The average Bonchev–Trinajstić information content (AvgIpc) is 2.29. The Balaban J connectivity index is 0. The monoisotopic (exact) mass is 358 g/mol. The van der Waals surface area contributed by atoms with Crippen molar-refractivity contribution in [1.82, 2.24) is 0 Å². The summed E-state index contributed by atoms with van der Waals surface area (Å²) in [7, 11) is 0. The minimum Gasteiger partial charge on any atom is -0.668 e. The molecule has 0 aliphatic heterocycles. The van der Waals surface area contributed by atoms with E-state index >= 15 is 0 Å². The molecule has 0 saturated heterocycles. The van der Waals surface area contributed by atoms with Crippen LogP contribution in [0.1, 0.15) is 18.9 Å². The van der Waals surface area contributed by atoms with Crippen LogP contribution < -0.4 is 11.1 Å². The summed E-state index contributed by atoms with van der Waals surface area (Å²) in [4.78, 5) is 19.8. The van der Waals surface area contributed by atoms with Crippen LogP contribution in [0.5, 0.6) is 0 Å². The predicted octanol–water partition coefficient (Wildman–Crippen LogP) is 1.05. The van der Waals surface area contributed by atoms with Crippen molar-refractivity contribution in [1.29, 1.82) is 0 Å². The fourth-order valence-corrected chi connectivity index (χ4v) is 1.07. The van der Waals surface area contributed by atoms with Crippen LogP contribution in [0, 0.1) is 0 Å². The van der Waals surface area contributed by atoms with Crippen molar-refractivity contribution in [3.63, 3.8) is 0 Å². The van der Waals surface area contributed by atoms with Gasteiger partial charge in [-0.3, -0.25) is 4.79 Å². The van der Waals surface area contributed by atoms with Crippen molar-refractivity contribution >= 4 is 18.0 Å². The molecule has 0 aliphatic rings. The Hall–Kier alpha value is -1.26. The van der Waals surface area contributed by atoms with E-state index in [1.807, 2.05) is 0 Å². The van der Waals surface area contributed by atoms with Crippen molar-refractivity contribution in [2.75, 3.05) is 5.32 Å². The topological polar surface area (TPSA) is 116 Å². The number of rotatable bonds is 5. The number of nitrogens with two attached hydrogens (primary N) is 1. The molecule has 19 heavy (non-hydrogen) atoms. The van der Waals surface area contributed by atoms with E-state index in [2.05, 4.69) is 5.32 Å². The number of benzene rings is 1.